The number of nitrogens with one attached hydrogen (secondary N) is 2. The van der Waals surface area contributed by atoms with Gasteiger partial charge >= 0.3 is 12.2 Å². The topological polar surface area (TPSA) is 53.6 Å². The van der Waals surface area contributed by atoms with Gasteiger partial charge in [0.05, 0.1) is 12.7 Å². The van der Waals surface area contributed by atoms with E-state index in [-0.39, 0.29) is 11.8 Å². The van der Waals surface area contributed by atoms with Gasteiger partial charge in [0, 0.05) is 31.4 Å². The van der Waals surface area contributed by atoms with Crippen LogP contribution in [-0.4, -0.2) is 37.2 Å². The summed E-state index contributed by atoms with van der Waals surface area (Å²) in [5.41, 5.74) is 0.372. The van der Waals surface area contributed by atoms with Crippen molar-refractivity contribution in [1.82, 2.24) is 10.2 Å². The van der Waals surface area contributed by atoms with Gasteiger partial charge in [-0.1, -0.05) is 6.07 Å². The lowest BCUT2D eigenvalue weighted by molar-refractivity contribution is -0.137. The highest BCUT2D eigenvalue weighted by Crippen LogP contribution is 2.29. The number of alkyl halides is 3. The first kappa shape index (κ1) is 21.9. The van der Waals surface area contributed by atoms with Gasteiger partial charge in [0.25, 0.3) is 0 Å². The fraction of sp³-hybridized carbons (Fsp3) is 0.381. The number of carbonyl (C=O) groups is 1. The van der Waals surface area contributed by atoms with Crippen LogP contribution < -0.4 is 15.4 Å². The molecule has 5 nitrogen and oxygen atoms in total. The van der Waals surface area contributed by atoms with Gasteiger partial charge in [-0.05, 0) is 54.8 Å². The summed E-state index contributed by atoms with van der Waals surface area (Å²) in [6.07, 6.45) is -2.97. The molecule has 3 rings (SSSR count). The number of piperidine rings is 1. The SMILES string of the molecule is COc1ccc(CN2CCC(NC(=O)Nc3ccc(C(F)(F)F)cc3)CC2)cc1F. The molecule has 1 aliphatic rings. The number of urea groups is 1. The van der Waals surface area contributed by atoms with Crippen molar-refractivity contribution in [3.63, 3.8) is 0 Å². The normalized spacial score (nSPS) is 15.6. The molecule has 0 aromatic heterocycles. The largest absolute Gasteiger partial charge is 0.494 e. The van der Waals surface area contributed by atoms with Gasteiger partial charge in [0.2, 0.25) is 0 Å². The van der Waals surface area contributed by atoms with Crippen molar-refractivity contribution in [2.75, 3.05) is 25.5 Å². The van der Waals surface area contributed by atoms with Crippen molar-refractivity contribution in [3.05, 3.63) is 59.4 Å². The third-order valence-corrected chi connectivity index (χ3v) is 5.02. The van der Waals surface area contributed by atoms with Gasteiger partial charge in [-0.25, -0.2) is 9.18 Å². The molecule has 9 heteroatoms. The highest BCUT2D eigenvalue weighted by Gasteiger charge is 2.30. The molecular formula is C21H23F4N3O2. The second-order valence-corrected chi connectivity index (χ2v) is 7.19. The molecule has 30 heavy (non-hydrogen) atoms. The van der Waals surface area contributed by atoms with Gasteiger partial charge < -0.3 is 15.4 Å². The third kappa shape index (κ3) is 5.85. The van der Waals surface area contributed by atoms with Crippen LogP contribution in [0.3, 0.4) is 0 Å². The van der Waals surface area contributed by atoms with Crippen LogP contribution in [0.2, 0.25) is 0 Å². The lowest BCUT2D eigenvalue weighted by Crippen LogP contribution is -2.45. The van der Waals surface area contributed by atoms with Crippen LogP contribution in [0.25, 0.3) is 0 Å². The number of anilines is 1. The fourth-order valence-corrected chi connectivity index (χ4v) is 3.40. The zero-order valence-electron chi connectivity index (χ0n) is 16.4. The van der Waals surface area contributed by atoms with E-state index in [1.165, 1.54) is 25.3 Å². The maximum absolute atomic E-state index is 13.8. The maximum atomic E-state index is 13.8. The van der Waals surface area contributed by atoms with Crippen LogP contribution in [0.15, 0.2) is 42.5 Å². The van der Waals surface area contributed by atoms with E-state index < -0.39 is 23.6 Å². The van der Waals surface area contributed by atoms with E-state index in [0.29, 0.717) is 12.2 Å². The van der Waals surface area contributed by atoms with Crippen LogP contribution >= 0.6 is 0 Å². The number of hydrogen-bond donors (Lipinski definition) is 2. The summed E-state index contributed by atoms with van der Waals surface area (Å²) < 4.78 is 56.5. The minimum atomic E-state index is -4.41. The molecule has 1 aliphatic heterocycles. The Morgan fingerprint density at radius 1 is 1.13 bits per heavy atom. The van der Waals surface area contributed by atoms with Crippen molar-refractivity contribution in [1.29, 1.82) is 0 Å². The number of carbonyl (C=O) groups excluding carboxylic acids is 1. The lowest BCUT2D eigenvalue weighted by Gasteiger charge is -2.32. The Morgan fingerprint density at radius 2 is 1.80 bits per heavy atom. The average molecular weight is 425 g/mol. The molecule has 0 unspecified atom stereocenters. The quantitative estimate of drug-likeness (QED) is 0.687. The minimum absolute atomic E-state index is 0.0386. The second-order valence-electron chi connectivity index (χ2n) is 7.19. The van der Waals surface area contributed by atoms with Crippen LogP contribution in [0.1, 0.15) is 24.0 Å². The molecule has 0 atom stereocenters. The molecule has 1 heterocycles. The summed E-state index contributed by atoms with van der Waals surface area (Å²) in [5.74, 6) is -0.188. The summed E-state index contributed by atoms with van der Waals surface area (Å²) >= 11 is 0. The van der Waals surface area contributed by atoms with Crippen molar-refractivity contribution < 1.29 is 27.1 Å². The van der Waals surface area contributed by atoms with Crippen LogP contribution in [0.5, 0.6) is 5.75 Å². The number of halogens is 4. The van der Waals surface area contributed by atoms with Crippen molar-refractivity contribution >= 4 is 11.7 Å². The average Bonchev–Trinajstić information content (AvgIpc) is 2.69. The zero-order valence-corrected chi connectivity index (χ0v) is 16.4. The standard InChI is InChI=1S/C21H23F4N3O2/c1-30-19-7-2-14(12-18(19)22)13-28-10-8-17(9-11-28)27-20(29)26-16-5-3-15(4-6-16)21(23,24)25/h2-7,12,17H,8-11,13H2,1H3,(H2,26,27,29). The molecule has 2 aromatic carbocycles. The Balaban J connectivity index is 1.44. The highest BCUT2D eigenvalue weighted by atomic mass is 19.4. The minimum Gasteiger partial charge on any atom is -0.494 e. The Hall–Kier alpha value is -2.81. The van der Waals surface area contributed by atoms with Crippen molar-refractivity contribution in [3.8, 4) is 5.75 Å². The van der Waals surface area contributed by atoms with E-state index in [0.717, 1.165) is 43.6 Å². The molecule has 0 bridgehead atoms. The Labute approximate surface area is 172 Å². The molecule has 162 valence electrons. The smallest absolute Gasteiger partial charge is 0.416 e. The number of hydrogen-bond acceptors (Lipinski definition) is 3. The summed E-state index contributed by atoms with van der Waals surface area (Å²) in [7, 11) is 1.42. The van der Waals surface area contributed by atoms with E-state index in [2.05, 4.69) is 15.5 Å². The summed E-state index contributed by atoms with van der Waals surface area (Å²) in [5, 5.41) is 5.40. The Morgan fingerprint density at radius 3 is 2.37 bits per heavy atom. The van der Waals surface area contributed by atoms with Gasteiger partial charge in [0.15, 0.2) is 11.6 Å². The van der Waals surface area contributed by atoms with Crippen LogP contribution in [-0.2, 0) is 12.7 Å². The highest BCUT2D eigenvalue weighted by molar-refractivity contribution is 5.89. The first-order valence-electron chi connectivity index (χ1n) is 9.54. The van der Waals surface area contributed by atoms with E-state index in [4.69, 9.17) is 4.74 Å². The van der Waals surface area contributed by atoms with E-state index in [9.17, 15) is 22.4 Å². The molecule has 0 radical (unpaired) electrons. The second kappa shape index (κ2) is 9.34. The molecule has 0 aliphatic carbocycles. The summed E-state index contributed by atoms with van der Waals surface area (Å²) in [6.45, 7) is 2.07. The molecule has 1 fully saturated rings. The third-order valence-electron chi connectivity index (χ3n) is 5.02. The number of amides is 2. The van der Waals surface area contributed by atoms with Gasteiger partial charge in [0.1, 0.15) is 0 Å². The summed E-state index contributed by atoms with van der Waals surface area (Å²) in [6, 6.07) is 8.69. The first-order valence-corrected chi connectivity index (χ1v) is 9.54. The van der Waals surface area contributed by atoms with Crippen molar-refractivity contribution in [2.45, 2.75) is 31.6 Å². The van der Waals surface area contributed by atoms with E-state index >= 15 is 0 Å². The molecular weight excluding hydrogens is 402 g/mol. The molecule has 1 saturated heterocycles. The lowest BCUT2D eigenvalue weighted by atomic mass is 10.0. The zero-order chi connectivity index (χ0) is 21.7. The summed E-state index contributed by atoms with van der Waals surface area (Å²) in [4.78, 5) is 14.3. The predicted octanol–water partition coefficient (Wildman–Crippen LogP) is 4.64. The molecule has 2 aromatic rings. The number of nitrogens with zero attached hydrogens (tertiary/aromatic N) is 1. The molecule has 2 amide bonds. The van der Waals surface area contributed by atoms with E-state index in [1.807, 2.05) is 6.07 Å². The van der Waals surface area contributed by atoms with Crippen LogP contribution in [0.4, 0.5) is 28.0 Å². The number of ether oxygens (including phenoxy) is 1. The maximum Gasteiger partial charge on any atom is 0.416 e. The molecule has 0 saturated carbocycles. The fourth-order valence-electron chi connectivity index (χ4n) is 3.40. The van der Waals surface area contributed by atoms with Crippen LogP contribution in [0, 0.1) is 5.82 Å². The molecule has 2 N–H and O–H groups in total. The number of benzene rings is 2. The van der Waals surface area contributed by atoms with Crippen molar-refractivity contribution in [2.24, 2.45) is 0 Å². The van der Waals surface area contributed by atoms with Gasteiger partial charge in [-0.3, -0.25) is 4.90 Å². The Kier molecular flexibility index (Phi) is 6.81. The predicted molar refractivity (Wildman–Crippen MR) is 105 cm³/mol. The first-order chi connectivity index (χ1) is 14.2. The van der Waals surface area contributed by atoms with Gasteiger partial charge in [-0.2, -0.15) is 13.2 Å². The van der Waals surface area contributed by atoms with E-state index in [1.54, 1.807) is 6.07 Å². The van der Waals surface area contributed by atoms with Gasteiger partial charge in [-0.15, -0.1) is 0 Å². The molecule has 0 spiro atoms. The number of likely N-dealkylation sites (tertiary alicyclic amines) is 1. The number of methoxy groups -OCH3 is 1. The Bertz CT molecular complexity index is 864. The monoisotopic (exact) mass is 425 g/mol. The number of rotatable bonds is 5.